The Bertz CT molecular complexity index is 305. The highest BCUT2D eigenvalue weighted by Gasteiger charge is 2.07. The molecule has 4 heteroatoms. The van der Waals surface area contributed by atoms with Crippen molar-refractivity contribution in [2.75, 3.05) is 13.7 Å². The molecule has 0 spiro atoms. The number of hydrogen-bond acceptors (Lipinski definition) is 3. The van der Waals surface area contributed by atoms with E-state index in [2.05, 4.69) is 0 Å². The van der Waals surface area contributed by atoms with Gasteiger partial charge in [-0.3, -0.25) is 0 Å². The summed E-state index contributed by atoms with van der Waals surface area (Å²) in [4.78, 5) is 0. The first-order valence-electron chi connectivity index (χ1n) is 4.79. The molecular weight excluding hydrogens is 212 g/mol. The number of methoxy groups -OCH3 is 1. The summed E-state index contributed by atoms with van der Waals surface area (Å²) in [6.07, 6.45) is 0.798. The van der Waals surface area contributed by atoms with E-state index in [0.717, 1.165) is 23.3 Å². The standard InChI is InChI=1S/C11H18N2O.ClH/c1-8-3-4-9(7-11(8)14-2)10(13)5-6-12;/h3-4,7,10H,5-6,12-13H2,1-2H3;1H/t10-;/m0./s1. The van der Waals surface area contributed by atoms with Crippen LogP contribution in [-0.4, -0.2) is 13.7 Å². The number of rotatable bonds is 4. The van der Waals surface area contributed by atoms with Gasteiger partial charge in [0.25, 0.3) is 0 Å². The third-order valence-corrected chi connectivity index (χ3v) is 2.34. The van der Waals surface area contributed by atoms with Crippen LogP contribution in [0.2, 0.25) is 0 Å². The number of halogens is 1. The lowest BCUT2D eigenvalue weighted by Gasteiger charge is -2.13. The minimum Gasteiger partial charge on any atom is -0.496 e. The first-order chi connectivity index (χ1) is 6.69. The zero-order valence-electron chi connectivity index (χ0n) is 9.19. The molecule has 15 heavy (non-hydrogen) atoms. The highest BCUT2D eigenvalue weighted by molar-refractivity contribution is 5.85. The molecule has 0 aliphatic carbocycles. The van der Waals surface area contributed by atoms with Gasteiger partial charge in [-0.15, -0.1) is 12.4 Å². The van der Waals surface area contributed by atoms with Crippen molar-refractivity contribution in [2.24, 2.45) is 11.5 Å². The molecule has 0 saturated carbocycles. The number of aryl methyl sites for hydroxylation is 1. The van der Waals surface area contributed by atoms with Crippen LogP contribution in [0.3, 0.4) is 0 Å². The van der Waals surface area contributed by atoms with Gasteiger partial charge in [0, 0.05) is 6.04 Å². The molecule has 1 rings (SSSR count). The third kappa shape index (κ3) is 3.70. The molecule has 0 aromatic heterocycles. The van der Waals surface area contributed by atoms with Gasteiger partial charge in [-0.05, 0) is 37.1 Å². The third-order valence-electron chi connectivity index (χ3n) is 2.34. The van der Waals surface area contributed by atoms with Crippen molar-refractivity contribution in [1.29, 1.82) is 0 Å². The van der Waals surface area contributed by atoms with Gasteiger partial charge in [0.2, 0.25) is 0 Å². The second-order valence-corrected chi connectivity index (χ2v) is 3.41. The van der Waals surface area contributed by atoms with E-state index in [9.17, 15) is 0 Å². The van der Waals surface area contributed by atoms with Crippen molar-refractivity contribution in [1.82, 2.24) is 0 Å². The lowest BCUT2D eigenvalue weighted by molar-refractivity contribution is 0.410. The van der Waals surface area contributed by atoms with Crippen molar-refractivity contribution < 1.29 is 4.74 Å². The lowest BCUT2D eigenvalue weighted by Crippen LogP contribution is -2.15. The molecule has 3 nitrogen and oxygen atoms in total. The molecule has 4 N–H and O–H groups in total. The fourth-order valence-electron chi connectivity index (χ4n) is 1.41. The van der Waals surface area contributed by atoms with Crippen molar-refractivity contribution in [3.8, 4) is 5.75 Å². The zero-order chi connectivity index (χ0) is 10.6. The Morgan fingerprint density at radius 3 is 2.60 bits per heavy atom. The van der Waals surface area contributed by atoms with Crippen LogP contribution >= 0.6 is 12.4 Å². The highest BCUT2D eigenvalue weighted by atomic mass is 35.5. The van der Waals surface area contributed by atoms with Gasteiger partial charge < -0.3 is 16.2 Å². The summed E-state index contributed by atoms with van der Waals surface area (Å²) in [6, 6.07) is 6.03. The normalized spacial score (nSPS) is 11.7. The smallest absolute Gasteiger partial charge is 0.122 e. The molecule has 1 aromatic carbocycles. The van der Waals surface area contributed by atoms with E-state index in [1.165, 1.54) is 0 Å². The summed E-state index contributed by atoms with van der Waals surface area (Å²) in [6.45, 7) is 2.62. The fourth-order valence-corrected chi connectivity index (χ4v) is 1.41. The molecule has 86 valence electrons. The van der Waals surface area contributed by atoms with E-state index in [0.29, 0.717) is 6.54 Å². The van der Waals surface area contributed by atoms with Gasteiger partial charge in [0.15, 0.2) is 0 Å². The Morgan fingerprint density at radius 2 is 2.07 bits per heavy atom. The van der Waals surface area contributed by atoms with Crippen LogP contribution in [0.15, 0.2) is 18.2 Å². The number of benzene rings is 1. The van der Waals surface area contributed by atoms with E-state index in [1.807, 2.05) is 25.1 Å². The van der Waals surface area contributed by atoms with Crippen LogP contribution < -0.4 is 16.2 Å². The maximum atomic E-state index is 5.94. The Morgan fingerprint density at radius 1 is 1.40 bits per heavy atom. The molecule has 0 bridgehead atoms. The predicted octanol–water partition coefficient (Wildman–Crippen LogP) is 1.77. The van der Waals surface area contributed by atoms with E-state index >= 15 is 0 Å². The molecule has 0 aliphatic heterocycles. The fraction of sp³-hybridized carbons (Fsp3) is 0.455. The molecule has 0 unspecified atom stereocenters. The average molecular weight is 231 g/mol. The monoisotopic (exact) mass is 230 g/mol. The van der Waals surface area contributed by atoms with Crippen LogP contribution in [0, 0.1) is 6.92 Å². The van der Waals surface area contributed by atoms with Gasteiger partial charge in [-0.1, -0.05) is 12.1 Å². The summed E-state index contributed by atoms with van der Waals surface area (Å²) in [5.74, 6) is 0.884. The van der Waals surface area contributed by atoms with E-state index in [1.54, 1.807) is 7.11 Å². The molecule has 1 atom stereocenters. The summed E-state index contributed by atoms with van der Waals surface area (Å²) in [7, 11) is 1.67. The van der Waals surface area contributed by atoms with Crippen molar-refractivity contribution in [3.63, 3.8) is 0 Å². The molecule has 0 saturated heterocycles. The predicted molar refractivity (Wildman–Crippen MR) is 65.6 cm³/mol. The second-order valence-electron chi connectivity index (χ2n) is 3.41. The average Bonchev–Trinajstić information content (AvgIpc) is 2.19. The largest absolute Gasteiger partial charge is 0.496 e. The van der Waals surface area contributed by atoms with Gasteiger partial charge in [-0.2, -0.15) is 0 Å². The van der Waals surface area contributed by atoms with Crippen molar-refractivity contribution >= 4 is 12.4 Å². The van der Waals surface area contributed by atoms with Gasteiger partial charge in [0.05, 0.1) is 7.11 Å². The molecule has 0 radical (unpaired) electrons. The maximum Gasteiger partial charge on any atom is 0.122 e. The first-order valence-corrected chi connectivity index (χ1v) is 4.79. The molecular formula is C11H19ClN2O. The van der Waals surface area contributed by atoms with Crippen LogP contribution in [0.1, 0.15) is 23.6 Å². The number of ether oxygens (including phenoxy) is 1. The first kappa shape index (κ1) is 14.2. The summed E-state index contributed by atoms with van der Waals surface area (Å²) >= 11 is 0. The van der Waals surface area contributed by atoms with Gasteiger partial charge in [-0.25, -0.2) is 0 Å². The van der Waals surface area contributed by atoms with Crippen LogP contribution in [0.5, 0.6) is 5.75 Å². The number of hydrogen-bond donors (Lipinski definition) is 2. The highest BCUT2D eigenvalue weighted by Crippen LogP contribution is 2.23. The number of nitrogens with two attached hydrogens (primary N) is 2. The van der Waals surface area contributed by atoms with Crippen LogP contribution in [0.4, 0.5) is 0 Å². The van der Waals surface area contributed by atoms with Gasteiger partial charge in [0.1, 0.15) is 5.75 Å². The quantitative estimate of drug-likeness (QED) is 0.829. The summed E-state index contributed by atoms with van der Waals surface area (Å²) in [5, 5.41) is 0. The minimum absolute atomic E-state index is 0. The molecule has 0 amide bonds. The SMILES string of the molecule is COc1cc([C@@H](N)CCN)ccc1C.Cl. The Kier molecular flexibility index (Phi) is 6.32. The van der Waals surface area contributed by atoms with E-state index in [-0.39, 0.29) is 18.4 Å². The van der Waals surface area contributed by atoms with Gasteiger partial charge >= 0.3 is 0 Å². The van der Waals surface area contributed by atoms with E-state index in [4.69, 9.17) is 16.2 Å². The zero-order valence-corrected chi connectivity index (χ0v) is 10.0. The molecule has 0 heterocycles. The molecule has 0 aliphatic rings. The maximum absolute atomic E-state index is 5.94. The lowest BCUT2D eigenvalue weighted by atomic mass is 10.0. The molecule has 1 aromatic rings. The van der Waals surface area contributed by atoms with E-state index < -0.39 is 0 Å². The Balaban J connectivity index is 0.00000196. The van der Waals surface area contributed by atoms with Crippen molar-refractivity contribution in [3.05, 3.63) is 29.3 Å². The van der Waals surface area contributed by atoms with Crippen LogP contribution in [0.25, 0.3) is 0 Å². The Labute approximate surface area is 97.2 Å². The topological polar surface area (TPSA) is 61.3 Å². The minimum atomic E-state index is 0. The summed E-state index contributed by atoms with van der Waals surface area (Å²) < 4.78 is 5.23. The van der Waals surface area contributed by atoms with Crippen molar-refractivity contribution in [2.45, 2.75) is 19.4 Å². The second kappa shape index (κ2) is 6.67. The van der Waals surface area contributed by atoms with Crippen LogP contribution in [-0.2, 0) is 0 Å². The molecule has 0 fully saturated rings. The Hall–Kier alpha value is -0.770. The summed E-state index contributed by atoms with van der Waals surface area (Å²) in [5.41, 5.74) is 13.6.